The fourth-order valence-corrected chi connectivity index (χ4v) is 12.4. The first-order valence-corrected chi connectivity index (χ1v) is 30.0. The Morgan fingerprint density at radius 2 is 0.662 bits per heavy atom. The Morgan fingerprint density at radius 3 is 0.912 bits per heavy atom. The second-order valence-corrected chi connectivity index (χ2v) is 23.1. The molecule has 0 unspecified atom stereocenters. The third kappa shape index (κ3) is 17.5. The highest BCUT2D eigenvalue weighted by molar-refractivity contribution is 9.11. The summed E-state index contributed by atoms with van der Waals surface area (Å²) in [7, 11) is 0. The number of aliphatic hydroxyl groups is 1. The number of hydrogen-bond donors (Lipinski definition) is 1. The number of benzene rings is 4. The van der Waals surface area contributed by atoms with Crippen molar-refractivity contribution >= 4 is 95.6 Å². The summed E-state index contributed by atoms with van der Waals surface area (Å²) in [5, 5.41) is 9.88. The topological polar surface area (TPSA) is 38.7 Å². The number of rotatable bonds is 28. The van der Waals surface area contributed by atoms with Crippen LogP contribution in [0, 0.1) is 37.0 Å². The van der Waals surface area contributed by atoms with Gasteiger partial charge in [-0.15, -0.1) is 19.3 Å². The van der Waals surface area contributed by atoms with Gasteiger partial charge in [0.1, 0.15) is 19.8 Å². The summed E-state index contributed by atoms with van der Waals surface area (Å²) in [6.45, 7) is 2.19. The summed E-state index contributed by atoms with van der Waals surface area (Å²) in [5.41, 5.74) is 11.9. The number of aliphatic hydroxyl groups excluding tert-OH is 1. The zero-order valence-electron chi connectivity index (χ0n) is 39.8. The smallest absolute Gasteiger partial charge is 0.107 e. The molecule has 0 fully saturated rings. The van der Waals surface area contributed by atoms with Crippen molar-refractivity contribution < 1.29 is 14.6 Å². The maximum atomic E-state index is 7.64. The van der Waals surface area contributed by atoms with E-state index < -0.39 is 0 Å². The highest BCUT2D eigenvalue weighted by Crippen LogP contribution is 2.57. The summed E-state index contributed by atoms with van der Waals surface area (Å²) < 4.78 is 15.6. The van der Waals surface area contributed by atoms with Crippen molar-refractivity contribution in [2.45, 2.75) is 139 Å². The van der Waals surface area contributed by atoms with E-state index in [2.05, 4.69) is 187 Å². The van der Waals surface area contributed by atoms with E-state index in [9.17, 15) is 0 Å². The predicted molar refractivity (Wildman–Crippen MR) is 311 cm³/mol. The number of ether oxygens (including phenoxy) is 2. The third-order valence-corrected chi connectivity index (χ3v) is 16.4. The molecule has 4 aromatic rings. The summed E-state index contributed by atoms with van der Waals surface area (Å²) in [5.74, 6) is 7.06. The number of alkyl halides is 2. The Balaban J connectivity index is 0.000000279. The predicted octanol–water partition coefficient (Wildman–Crippen LogP) is 18.5. The van der Waals surface area contributed by atoms with E-state index in [4.69, 9.17) is 27.4 Å². The SMILES string of the molecule is BrCCCCCCC1(CCCCCCBr)c2cc(Br)ccc2-c2ccc(Br)cc21.C#CCO.C#CCOCCCCCCC1(CCCCCCOCC#C)c2cc(Br)ccc2-c2ccc(Br)cc21. The van der Waals surface area contributed by atoms with E-state index in [1.807, 2.05) is 5.92 Å². The maximum absolute atomic E-state index is 7.64. The lowest BCUT2D eigenvalue weighted by atomic mass is 9.70. The molecule has 6 rings (SSSR count). The first kappa shape index (κ1) is 58.9. The van der Waals surface area contributed by atoms with Gasteiger partial charge in [-0.3, -0.25) is 0 Å². The number of fused-ring (bicyclic) bond motifs is 6. The Labute approximate surface area is 461 Å². The summed E-state index contributed by atoms with van der Waals surface area (Å²) >= 11 is 22.2. The van der Waals surface area contributed by atoms with Crippen molar-refractivity contribution in [3.05, 3.63) is 113 Å². The van der Waals surface area contributed by atoms with Crippen molar-refractivity contribution in [3.8, 4) is 59.3 Å². The molecule has 0 aliphatic heterocycles. The summed E-state index contributed by atoms with van der Waals surface area (Å²) in [4.78, 5) is 0. The molecule has 0 heterocycles. The van der Waals surface area contributed by atoms with Gasteiger partial charge in [0.05, 0.1) is 0 Å². The number of terminal acetylenes is 3. The summed E-state index contributed by atoms with van der Waals surface area (Å²) in [6.07, 6.45) is 39.6. The molecule has 3 nitrogen and oxygen atoms in total. The molecule has 4 aromatic carbocycles. The van der Waals surface area contributed by atoms with E-state index in [-0.39, 0.29) is 17.4 Å². The molecule has 9 heteroatoms. The Kier molecular flexibility index (Phi) is 28.7. The fourth-order valence-electron chi connectivity index (χ4n) is 10.2. The van der Waals surface area contributed by atoms with Crippen molar-refractivity contribution in [2.24, 2.45) is 0 Å². The molecule has 0 saturated carbocycles. The van der Waals surface area contributed by atoms with Gasteiger partial charge in [-0.2, -0.15) is 0 Å². The number of unbranched alkanes of at least 4 members (excludes halogenated alkanes) is 12. The fraction of sp³-hybridized carbons (Fsp3) is 0.492. The summed E-state index contributed by atoms with van der Waals surface area (Å²) in [6, 6.07) is 27.5. The van der Waals surface area contributed by atoms with E-state index in [1.54, 1.807) is 11.1 Å². The zero-order chi connectivity index (χ0) is 49.0. The van der Waals surface area contributed by atoms with E-state index in [0.29, 0.717) is 13.2 Å². The molecule has 0 atom stereocenters. The third-order valence-electron chi connectivity index (χ3n) is 13.3. The maximum Gasteiger partial charge on any atom is 0.107 e. The van der Waals surface area contributed by atoms with E-state index >= 15 is 0 Å². The quantitative estimate of drug-likeness (QED) is 0.0350. The van der Waals surface area contributed by atoms with Crippen molar-refractivity contribution in [3.63, 3.8) is 0 Å². The Hall–Kier alpha value is -1.68. The van der Waals surface area contributed by atoms with Crippen LogP contribution in [0.5, 0.6) is 0 Å². The van der Waals surface area contributed by atoms with Gasteiger partial charge in [0.2, 0.25) is 0 Å². The van der Waals surface area contributed by atoms with E-state index in [1.165, 1.54) is 145 Å². The first-order chi connectivity index (χ1) is 33.2. The average molecular weight is 1310 g/mol. The van der Waals surface area contributed by atoms with Gasteiger partial charge in [-0.25, -0.2) is 0 Å². The van der Waals surface area contributed by atoms with Crippen LogP contribution in [0.1, 0.15) is 151 Å². The molecule has 0 bridgehead atoms. The second-order valence-electron chi connectivity index (χ2n) is 17.8. The van der Waals surface area contributed by atoms with Crippen molar-refractivity contribution in [1.82, 2.24) is 0 Å². The Bertz CT molecular complexity index is 2100. The lowest BCUT2D eigenvalue weighted by Gasteiger charge is -2.33. The minimum Gasteiger partial charge on any atom is -0.384 e. The molecule has 0 amide bonds. The van der Waals surface area contributed by atoms with Crippen molar-refractivity contribution in [1.29, 1.82) is 0 Å². The largest absolute Gasteiger partial charge is 0.384 e. The van der Waals surface area contributed by atoms with Gasteiger partial charge in [0.15, 0.2) is 0 Å². The van der Waals surface area contributed by atoms with Gasteiger partial charge >= 0.3 is 0 Å². The minimum atomic E-state index is -0.153. The normalized spacial score (nSPS) is 13.1. The molecule has 0 spiro atoms. The van der Waals surface area contributed by atoms with Gasteiger partial charge in [-0.05, 0) is 144 Å². The van der Waals surface area contributed by atoms with Crippen LogP contribution >= 0.6 is 95.6 Å². The van der Waals surface area contributed by atoms with Gasteiger partial charge < -0.3 is 14.6 Å². The molecule has 0 aromatic heterocycles. The lowest BCUT2D eigenvalue weighted by Crippen LogP contribution is -2.25. The van der Waals surface area contributed by atoms with Crippen LogP contribution in [0.4, 0.5) is 0 Å². The lowest BCUT2D eigenvalue weighted by molar-refractivity contribution is 0.161. The number of hydrogen-bond acceptors (Lipinski definition) is 3. The molecule has 366 valence electrons. The van der Waals surface area contributed by atoms with Gasteiger partial charge in [-0.1, -0.05) is 215 Å². The van der Waals surface area contributed by atoms with Crippen LogP contribution in [-0.2, 0) is 20.3 Å². The monoisotopic (exact) mass is 1300 g/mol. The second kappa shape index (κ2) is 33.1. The standard InChI is InChI=1S/C31H36Br2O2.C25H30Br4.C3H4O/c1-3-19-34-21-11-7-5-9-17-31(18-10-6-8-12-22-35-20-4-2)29-23-25(32)13-15-27(29)28-16-14-26(33)24-30(28)31;26-15-7-3-1-5-13-25(14-6-2-4-8-16-27)23-17-19(28)9-11-21(23)22-12-10-20(29)18-24(22)25;1-2-3-4/h1-2,13-16,23-24H,5-12,17-22H2;9-12,17-18H,1-8,13-16H2;1,4H,3H2. The van der Waals surface area contributed by atoms with Crippen molar-refractivity contribution in [2.75, 3.05) is 43.7 Å². The van der Waals surface area contributed by atoms with Crippen LogP contribution in [-0.4, -0.2) is 48.8 Å². The molecular weight excluding hydrogens is 1240 g/mol. The minimum absolute atomic E-state index is 0.0537. The Morgan fingerprint density at radius 1 is 0.397 bits per heavy atom. The zero-order valence-corrected chi connectivity index (χ0v) is 49.3. The van der Waals surface area contributed by atoms with Crippen LogP contribution in [0.15, 0.2) is 90.7 Å². The van der Waals surface area contributed by atoms with Crippen LogP contribution in [0.2, 0.25) is 0 Å². The molecule has 1 N–H and O–H groups in total. The molecule has 0 saturated heterocycles. The number of halogens is 6. The van der Waals surface area contributed by atoms with Gasteiger partial charge in [0.25, 0.3) is 0 Å². The van der Waals surface area contributed by atoms with Crippen LogP contribution in [0.3, 0.4) is 0 Å². The van der Waals surface area contributed by atoms with Gasteiger partial charge in [0, 0.05) is 52.6 Å². The molecule has 2 aliphatic carbocycles. The van der Waals surface area contributed by atoms with Crippen LogP contribution in [0.25, 0.3) is 22.3 Å². The molecule has 68 heavy (non-hydrogen) atoms. The average Bonchev–Trinajstić information content (AvgIpc) is 3.75. The highest BCUT2D eigenvalue weighted by Gasteiger charge is 2.43. The van der Waals surface area contributed by atoms with E-state index in [0.717, 1.165) is 58.5 Å². The first-order valence-electron chi connectivity index (χ1n) is 24.6. The molecule has 0 radical (unpaired) electrons. The van der Waals surface area contributed by atoms with Crippen LogP contribution < -0.4 is 0 Å². The molecule has 2 aliphatic rings. The molecular formula is C59H70Br6O3. The highest BCUT2D eigenvalue weighted by atomic mass is 79.9.